The van der Waals surface area contributed by atoms with E-state index in [2.05, 4.69) is 25.7 Å². The fourth-order valence-electron chi connectivity index (χ4n) is 4.09. The molecule has 1 aliphatic heterocycles. The maximum atomic E-state index is 12.3. The van der Waals surface area contributed by atoms with Crippen molar-refractivity contribution in [1.82, 2.24) is 30.0 Å². The molecule has 12 heteroatoms. The lowest BCUT2D eigenvalue weighted by Gasteiger charge is -2.33. The smallest absolute Gasteiger partial charge is 0.410 e. The third kappa shape index (κ3) is 7.23. The molecule has 0 unspecified atom stereocenters. The largest absolute Gasteiger partial charge is 0.444 e. The number of aromatic nitrogens is 4. The zero-order valence-electron chi connectivity index (χ0n) is 22.3. The highest BCUT2D eigenvalue weighted by Gasteiger charge is 2.28. The van der Waals surface area contributed by atoms with Gasteiger partial charge >= 0.3 is 6.09 Å². The second kappa shape index (κ2) is 11.7. The summed E-state index contributed by atoms with van der Waals surface area (Å²) in [5.41, 5.74) is 1.85. The first-order valence-electron chi connectivity index (χ1n) is 12.6. The van der Waals surface area contributed by atoms with E-state index in [0.29, 0.717) is 40.9 Å². The highest BCUT2D eigenvalue weighted by Crippen LogP contribution is 2.28. The number of hydrogen-bond donors (Lipinski definition) is 2. The Hall–Kier alpha value is -4.17. The molecule has 4 rings (SSSR count). The Bertz CT molecular complexity index is 1370. The van der Waals surface area contributed by atoms with Crippen molar-refractivity contribution in [2.24, 2.45) is 0 Å². The Morgan fingerprint density at radius 3 is 2.51 bits per heavy atom. The lowest BCUT2D eigenvalue weighted by Crippen LogP contribution is -2.42. The number of nitrogens with zero attached hydrogens (tertiary/aromatic N) is 6. The number of anilines is 2. The van der Waals surface area contributed by atoms with Crippen LogP contribution in [0, 0.1) is 11.3 Å². The average molecular weight is 551 g/mol. The number of rotatable bonds is 6. The topological polar surface area (TPSA) is 138 Å². The molecule has 2 aromatic heterocycles. The minimum Gasteiger partial charge on any atom is -0.444 e. The summed E-state index contributed by atoms with van der Waals surface area (Å²) >= 11 is 6.38. The number of carbonyl (C=O) groups excluding carboxylic acids is 2. The Morgan fingerprint density at radius 2 is 1.87 bits per heavy atom. The maximum Gasteiger partial charge on any atom is 0.410 e. The Balaban J connectivity index is 1.39. The third-order valence-electron chi connectivity index (χ3n) is 6.05. The Labute approximate surface area is 232 Å². The monoisotopic (exact) mass is 550 g/mol. The molecule has 1 fully saturated rings. The van der Waals surface area contributed by atoms with Crippen LogP contribution in [-0.2, 0) is 4.74 Å². The highest BCUT2D eigenvalue weighted by molar-refractivity contribution is 6.32. The molecule has 11 nitrogen and oxygen atoms in total. The van der Waals surface area contributed by atoms with Crippen molar-refractivity contribution in [3.05, 3.63) is 53.4 Å². The van der Waals surface area contributed by atoms with E-state index in [1.54, 1.807) is 42.3 Å². The van der Waals surface area contributed by atoms with Crippen molar-refractivity contribution in [1.29, 1.82) is 5.26 Å². The number of likely N-dealkylation sites (tertiary alicyclic amines) is 1. The molecule has 1 atom stereocenters. The van der Waals surface area contributed by atoms with Gasteiger partial charge in [-0.25, -0.2) is 14.8 Å². The van der Waals surface area contributed by atoms with E-state index in [-0.39, 0.29) is 18.0 Å². The van der Waals surface area contributed by atoms with Crippen LogP contribution < -0.4 is 10.6 Å². The molecule has 0 spiro atoms. The number of hydrogen-bond acceptors (Lipinski definition) is 8. The SMILES string of the molecule is C[C@@H](C#N)NC(=O)c1ccc(-c2nc(Nc3cnn(C4CCN(C(=O)OC(C)(C)C)CC4)c3)ncc2Cl)cc1. The zero-order valence-corrected chi connectivity index (χ0v) is 23.1. The van der Waals surface area contributed by atoms with Gasteiger partial charge in [-0.1, -0.05) is 23.7 Å². The second-order valence-corrected chi connectivity index (χ2v) is 10.7. The molecule has 3 heterocycles. The minimum atomic E-state index is -0.587. The third-order valence-corrected chi connectivity index (χ3v) is 6.33. The van der Waals surface area contributed by atoms with Crippen LogP contribution in [-0.4, -0.2) is 61.4 Å². The molecular formula is C27H31ClN8O3. The molecule has 2 amide bonds. The summed E-state index contributed by atoms with van der Waals surface area (Å²) < 4.78 is 7.37. The van der Waals surface area contributed by atoms with Crippen molar-refractivity contribution in [2.75, 3.05) is 18.4 Å². The number of piperidine rings is 1. The van der Waals surface area contributed by atoms with Crippen molar-refractivity contribution in [2.45, 2.75) is 58.2 Å². The number of amides is 2. The highest BCUT2D eigenvalue weighted by atomic mass is 35.5. The summed E-state index contributed by atoms with van der Waals surface area (Å²) in [6.45, 7) is 8.40. The van der Waals surface area contributed by atoms with Gasteiger partial charge in [-0.05, 0) is 52.7 Å². The molecule has 204 valence electrons. The van der Waals surface area contributed by atoms with Crippen LogP contribution in [0.5, 0.6) is 0 Å². The van der Waals surface area contributed by atoms with Crippen LogP contribution >= 0.6 is 11.6 Å². The summed E-state index contributed by atoms with van der Waals surface area (Å²) in [7, 11) is 0. The Morgan fingerprint density at radius 1 is 1.18 bits per heavy atom. The maximum absolute atomic E-state index is 12.3. The van der Waals surface area contributed by atoms with Crippen LogP contribution in [0.4, 0.5) is 16.4 Å². The number of nitrogens with one attached hydrogen (secondary N) is 2. The van der Waals surface area contributed by atoms with Crippen molar-refractivity contribution in [3.8, 4) is 17.3 Å². The van der Waals surface area contributed by atoms with E-state index in [4.69, 9.17) is 21.6 Å². The van der Waals surface area contributed by atoms with Gasteiger partial charge in [0.2, 0.25) is 5.95 Å². The zero-order chi connectivity index (χ0) is 28.2. The van der Waals surface area contributed by atoms with Gasteiger partial charge in [0.25, 0.3) is 5.91 Å². The number of ether oxygens (including phenoxy) is 1. The molecule has 1 saturated heterocycles. The van der Waals surface area contributed by atoms with E-state index in [1.807, 2.05) is 37.7 Å². The van der Waals surface area contributed by atoms with E-state index in [9.17, 15) is 9.59 Å². The molecule has 0 saturated carbocycles. The predicted molar refractivity (Wildman–Crippen MR) is 147 cm³/mol. The number of nitriles is 1. The average Bonchev–Trinajstić information content (AvgIpc) is 3.37. The van der Waals surface area contributed by atoms with E-state index in [0.717, 1.165) is 18.5 Å². The van der Waals surface area contributed by atoms with Gasteiger partial charge in [0.1, 0.15) is 11.6 Å². The van der Waals surface area contributed by atoms with Crippen molar-refractivity contribution >= 4 is 35.2 Å². The van der Waals surface area contributed by atoms with Gasteiger partial charge in [0, 0.05) is 30.4 Å². The predicted octanol–water partition coefficient (Wildman–Crippen LogP) is 4.95. The molecule has 39 heavy (non-hydrogen) atoms. The van der Waals surface area contributed by atoms with Crippen LogP contribution in [0.1, 0.15) is 56.9 Å². The van der Waals surface area contributed by atoms with Gasteiger partial charge in [-0.15, -0.1) is 0 Å². The Kier molecular flexibility index (Phi) is 8.35. The molecule has 0 bridgehead atoms. The van der Waals surface area contributed by atoms with Crippen LogP contribution in [0.25, 0.3) is 11.3 Å². The molecule has 0 aliphatic carbocycles. The fourth-order valence-corrected chi connectivity index (χ4v) is 4.29. The summed E-state index contributed by atoms with van der Waals surface area (Å²) in [4.78, 5) is 35.2. The molecule has 3 aromatic rings. The number of benzene rings is 1. The second-order valence-electron chi connectivity index (χ2n) is 10.3. The summed E-state index contributed by atoms with van der Waals surface area (Å²) in [6.07, 6.45) is 6.36. The molecule has 1 aromatic carbocycles. The van der Waals surface area contributed by atoms with Gasteiger partial charge < -0.3 is 20.3 Å². The number of halogens is 1. The molecule has 1 aliphatic rings. The lowest BCUT2D eigenvalue weighted by molar-refractivity contribution is 0.0184. The van der Waals surface area contributed by atoms with Crippen LogP contribution in [0.15, 0.2) is 42.9 Å². The van der Waals surface area contributed by atoms with Crippen LogP contribution in [0.2, 0.25) is 5.02 Å². The minimum absolute atomic E-state index is 0.160. The standard InChI is InChI=1S/C27H31ClN8O3/c1-17(13-29)32-24(37)19-7-5-18(6-8-19)23-22(28)15-30-25(34-23)33-20-14-31-36(16-20)21-9-11-35(12-10-21)26(38)39-27(2,3)4/h5-8,14-17,21H,9-12H2,1-4H3,(H,32,37)(H,30,33,34)/t17-/m0/s1. The van der Waals surface area contributed by atoms with E-state index < -0.39 is 11.6 Å². The van der Waals surface area contributed by atoms with E-state index in [1.165, 1.54) is 6.20 Å². The molecule has 0 radical (unpaired) electrons. The molecule has 2 N–H and O–H groups in total. The van der Waals surface area contributed by atoms with Crippen molar-refractivity contribution in [3.63, 3.8) is 0 Å². The number of carbonyl (C=O) groups is 2. The van der Waals surface area contributed by atoms with Gasteiger partial charge in [0.15, 0.2) is 0 Å². The first-order chi connectivity index (χ1) is 18.5. The van der Waals surface area contributed by atoms with Crippen molar-refractivity contribution < 1.29 is 14.3 Å². The van der Waals surface area contributed by atoms with Crippen LogP contribution in [0.3, 0.4) is 0 Å². The summed E-state index contributed by atoms with van der Waals surface area (Å²) in [5, 5.41) is 19.5. The summed E-state index contributed by atoms with van der Waals surface area (Å²) in [5.74, 6) is 0.0117. The van der Waals surface area contributed by atoms with Gasteiger partial charge in [-0.3, -0.25) is 9.48 Å². The first-order valence-corrected chi connectivity index (χ1v) is 13.0. The first kappa shape index (κ1) is 27.9. The van der Waals surface area contributed by atoms with Gasteiger partial charge in [0.05, 0.1) is 40.9 Å². The fraction of sp³-hybridized carbons (Fsp3) is 0.407. The normalized spacial score (nSPS) is 14.8. The summed E-state index contributed by atoms with van der Waals surface area (Å²) in [6, 6.07) is 8.33. The molecular weight excluding hydrogens is 520 g/mol. The van der Waals surface area contributed by atoms with Gasteiger partial charge in [-0.2, -0.15) is 10.4 Å². The van der Waals surface area contributed by atoms with E-state index >= 15 is 0 Å². The quantitative estimate of drug-likeness (QED) is 0.439. The lowest BCUT2D eigenvalue weighted by atomic mass is 10.1.